The number of carboxylic acids is 1. The average molecular weight is 654 g/mol. The number of rotatable bonds is 10. The van der Waals surface area contributed by atoms with Crippen LogP contribution in [0.5, 0.6) is 0 Å². The van der Waals surface area contributed by atoms with Crippen LogP contribution < -0.4 is 22.5 Å². The highest BCUT2D eigenvalue weighted by molar-refractivity contribution is 5.78. The molecule has 4 heterocycles. The van der Waals surface area contributed by atoms with E-state index >= 15 is 0 Å². The number of imidazole rings is 2. The number of fused-ring (bicyclic) bond motifs is 2. The molecule has 17 heteroatoms. The summed E-state index contributed by atoms with van der Waals surface area (Å²) in [6.45, 7) is 2.22. The summed E-state index contributed by atoms with van der Waals surface area (Å²) in [5.41, 5.74) is -0.621. The van der Waals surface area contributed by atoms with Crippen molar-refractivity contribution in [2.75, 3.05) is 13.7 Å². The monoisotopic (exact) mass is 653 g/mol. The summed E-state index contributed by atoms with van der Waals surface area (Å²) in [7, 11) is 8.08. The lowest BCUT2D eigenvalue weighted by molar-refractivity contribution is -0.187. The Morgan fingerprint density at radius 1 is 0.787 bits per heavy atom. The van der Waals surface area contributed by atoms with Crippen molar-refractivity contribution in [3.05, 3.63) is 53.3 Å². The minimum absolute atomic E-state index is 0.0203. The molecule has 2 aliphatic carbocycles. The van der Waals surface area contributed by atoms with Crippen LogP contribution in [0.25, 0.3) is 22.3 Å². The molecule has 6 rings (SSSR count). The number of nitrogens with zero attached hydrogens (tertiary/aromatic N) is 9. The third kappa shape index (κ3) is 5.31. The molecule has 0 aliphatic heterocycles. The fourth-order valence-electron chi connectivity index (χ4n) is 6.87. The maximum absolute atomic E-state index is 13.3. The van der Waals surface area contributed by atoms with Gasteiger partial charge in [0.05, 0.1) is 12.5 Å². The first kappa shape index (κ1) is 32.2. The summed E-state index contributed by atoms with van der Waals surface area (Å²) in [5, 5.41) is 10.3. The lowest BCUT2D eigenvalue weighted by Crippen LogP contribution is -2.45. The van der Waals surface area contributed by atoms with Crippen molar-refractivity contribution in [1.29, 1.82) is 0 Å². The number of carbonyl (C=O) groups excluding carboxylic acids is 1. The topological polar surface area (TPSA) is 190 Å². The molecule has 4 aromatic rings. The van der Waals surface area contributed by atoms with Crippen LogP contribution in [0.3, 0.4) is 0 Å². The van der Waals surface area contributed by atoms with E-state index in [9.17, 15) is 28.8 Å². The number of aryl methyl sites for hydroxylation is 5. The van der Waals surface area contributed by atoms with Gasteiger partial charge in [0.2, 0.25) is 5.91 Å². The van der Waals surface area contributed by atoms with E-state index < -0.39 is 34.4 Å². The minimum atomic E-state index is -0.865. The van der Waals surface area contributed by atoms with Crippen LogP contribution in [0, 0.1) is 30.6 Å². The molecule has 252 valence electrons. The number of hydroxylamine groups is 2. The molecule has 0 aromatic carbocycles. The van der Waals surface area contributed by atoms with Gasteiger partial charge in [0.15, 0.2) is 22.3 Å². The van der Waals surface area contributed by atoms with Gasteiger partial charge in [0.25, 0.3) is 11.1 Å². The van der Waals surface area contributed by atoms with Crippen molar-refractivity contribution in [3.8, 4) is 0 Å². The van der Waals surface area contributed by atoms with E-state index in [0.29, 0.717) is 48.5 Å². The Labute approximate surface area is 267 Å². The van der Waals surface area contributed by atoms with Crippen LogP contribution >= 0.6 is 0 Å². The van der Waals surface area contributed by atoms with Crippen molar-refractivity contribution >= 4 is 34.2 Å². The number of aromatic nitrogens is 8. The molecule has 0 spiro atoms. The van der Waals surface area contributed by atoms with E-state index in [0.717, 1.165) is 4.57 Å². The lowest BCUT2D eigenvalue weighted by Gasteiger charge is -2.36. The van der Waals surface area contributed by atoms with Crippen LogP contribution in [0.2, 0.25) is 0 Å². The first-order chi connectivity index (χ1) is 22.2. The van der Waals surface area contributed by atoms with Gasteiger partial charge in [-0.2, -0.15) is 0 Å². The molecular weight excluding hydrogens is 614 g/mol. The highest BCUT2D eigenvalue weighted by Gasteiger charge is 2.38. The number of hydrogen-bond acceptors (Lipinski definition) is 9. The molecule has 0 atom stereocenters. The summed E-state index contributed by atoms with van der Waals surface area (Å²) in [6.07, 6.45) is 2.12. The first-order valence-corrected chi connectivity index (χ1v) is 15.6. The van der Waals surface area contributed by atoms with Gasteiger partial charge >= 0.3 is 17.3 Å². The Morgan fingerprint density at radius 2 is 1.28 bits per heavy atom. The van der Waals surface area contributed by atoms with E-state index in [1.54, 1.807) is 44.2 Å². The smallest absolute Gasteiger partial charge is 0.332 e. The molecule has 2 saturated carbocycles. The summed E-state index contributed by atoms with van der Waals surface area (Å²) in [4.78, 5) is 91.1. The van der Waals surface area contributed by atoms with Crippen molar-refractivity contribution in [2.45, 2.75) is 52.1 Å². The van der Waals surface area contributed by atoms with Crippen molar-refractivity contribution < 1.29 is 19.5 Å². The Kier molecular flexibility index (Phi) is 8.05. The minimum Gasteiger partial charge on any atom is -0.481 e. The fourth-order valence-corrected chi connectivity index (χ4v) is 6.87. The summed E-state index contributed by atoms with van der Waals surface area (Å²) >= 11 is 0. The average Bonchev–Trinajstić information content (AvgIpc) is 3.47. The summed E-state index contributed by atoms with van der Waals surface area (Å²) in [6, 6.07) is 0. The van der Waals surface area contributed by atoms with E-state index in [1.807, 2.05) is 0 Å². The van der Waals surface area contributed by atoms with Gasteiger partial charge in [-0.15, -0.1) is 0 Å². The second-order valence-electron chi connectivity index (χ2n) is 13.0. The zero-order valence-electron chi connectivity index (χ0n) is 27.3. The van der Waals surface area contributed by atoms with Gasteiger partial charge in [0, 0.05) is 60.7 Å². The molecule has 0 saturated heterocycles. The largest absolute Gasteiger partial charge is 0.481 e. The zero-order valence-corrected chi connectivity index (χ0v) is 27.3. The summed E-state index contributed by atoms with van der Waals surface area (Å²) < 4.78 is 8.35. The van der Waals surface area contributed by atoms with Gasteiger partial charge in [-0.3, -0.25) is 42.3 Å². The van der Waals surface area contributed by atoms with Crippen LogP contribution in [0.15, 0.2) is 19.2 Å². The first-order valence-electron chi connectivity index (χ1n) is 15.6. The molecule has 0 bridgehead atoms. The molecule has 4 aromatic heterocycles. The predicted molar refractivity (Wildman–Crippen MR) is 168 cm³/mol. The standard InChI is InChI=1S/C30H39N9O8/c1-15-31-23-21(33(15)2)26(41)38(29(45)35(23)4)13-16-9-18(10-16)25(40)37(6)47-8-7-20-32-24-22(34(20)3)27(42)39(30(46)36(24)5)14-17-11-19(12-17)28(43)44/h16-19H,7-14H2,1-6H3,(H,43,44). The van der Waals surface area contributed by atoms with Crippen LogP contribution in [-0.2, 0) is 62.1 Å². The molecule has 1 N–H and O–H groups in total. The number of carbonyl (C=O) groups is 2. The number of hydrogen-bond donors (Lipinski definition) is 1. The fraction of sp³-hybridized carbons (Fsp3) is 0.600. The van der Waals surface area contributed by atoms with Gasteiger partial charge in [-0.05, 0) is 44.4 Å². The van der Waals surface area contributed by atoms with Crippen molar-refractivity contribution in [1.82, 2.24) is 42.4 Å². The Balaban J connectivity index is 1.06. The van der Waals surface area contributed by atoms with E-state index in [1.165, 1.54) is 25.8 Å². The second-order valence-corrected chi connectivity index (χ2v) is 13.0. The number of aliphatic carboxylic acids is 1. The van der Waals surface area contributed by atoms with Crippen molar-refractivity contribution in [3.63, 3.8) is 0 Å². The van der Waals surface area contributed by atoms with E-state index in [2.05, 4.69) is 9.97 Å². The maximum atomic E-state index is 13.3. The molecule has 17 nitrogen and oxygen atoms in total. The number of amides is 1. The Morgan fingerprint density at radius 3 is 1.81 bits per heavy atom. The van der Waals surface area contributed by atoms with E-state index in [4.69, 9.17) is 9.94 Å². The van der Waals surface area contributed by atoms with Crippen molar-refractivity contribution in [2.24, 2.45) is 51.9 Å². The highest BCUT2D eigenvalue weighted by atomic mass is 16.7. The molecule has 0 unspecified atom stereocenters. The normalized spacial score (nSPS) is 20.8. The molecule has 2 aliphatic rings. The van der Waals surface area contributed by atoms with Gasteiger partial charge in [-0.25, -0.2) is 24.6 Å². The molecule has 1 amide bonds. The maximum Gasteiger partial charge on any atom is 0.332 e. The SMILES string of the molecule is Cc1nc2c(c(=O)n(CC3CC(C(=O)N(C)OCCc4nc5c(c(=O)n(CC6CC(C(=O)O)C6)c(=O)n5C)n4C)C3)c(=O)n2C)n1C. The molecule has 47 heavy (non-hydrogen) atoms. The van der Waals surface area contributed by atoms with E-state index in [-0.39, 0.29) is 60.9 Å². The van der Waals surface area contributed by atoms with Crippen LogP contribution in [0.4, 0.5) is 0 Å². The predicted octanol–water partition coefficient (Wildman–Crippen LogP) is -0.741. The Hall–Kier alpha value is -4.80. The van der Waals surface area contributed by atoms with Crippen LogP contribution in [-0.4, -0.2) is 73.1 Å². The zero-order chi connectivity index (χ0) is 34.1. The highest BCUT2D eigenvalue weighted by Crippen LogP contribution is 2.36. The Bertz CT molecular complexity index is 2170. The third-order valence-electron chi connectivity index (χ3n) is 10.0. The van der Waals surface area contributed by atoms with Gasteiger partial charge < -0.3 is 14.2 Å². The molecular formula is C30H39N9O8. The molecule has 2 fully saturated rings. The van der Waals surface area contributed by atoms with Gasteiger partial charge in [-0.1, -0.05) is 0 Å². The second kappa shape index (κ2) is 11.8. The third-order valence-corrected chi connectivity index (χ3v) is 10.0. The van der Waals surface area contributed by atoms with Crippen LogP contribution in [0.1, 0.15) is 37.3 Å². The number of carboxylic acid groups (broad SMARTS) is 1. The lowest BCUT2D eigenvalue weighted by atomic mass is 9.74. The molecule has 0 radical (unpaired) electrons. The summed E-state index contributed by atoms with van der Waals surface area (Å²) in [5.74, 6) is -0.782. The van der Waals surface area contributed by atoms with Gasteiger partial charge in [0.1, 0.15) is 11.6 Å². The quantitative estimate of drug-likeness (QED) is 0.213.